The smallest absolute Gasteiger partial charge is 0.226 e. The van der Waals surface area contributed by atoms with Crippen molar-refractivity contribution in [3.8, 4) is 0 Å². The fourth-order valence-corrected chi connectivity index (χ4v) is 6.79. The first kappa shape index (κ1) is 23.5. The van der Waals surface area contributed by atoms with Gasteiger partial charge in [-0.1, -0.05) is 22.0 Å². The summed E-state index contributed by atoms with van der Waals surface area (Å²) in [6.45, 7) is 3.68. The van der Waals surface area contributed by atoms with Crippen molar-refractivity contribution in [1.82, 2.24) is 9.88 Å². The van der Waals surface area contributed by atoms with Crippen LogP contribution in [0.15, 0.2) is 57.9 Å². The number of piperidine rings is 1. The van der Waals surface area contributed by atoms with E-state index >= 15 is 0 Å². The highest BCUT2D eigenvalue weighted by Crippen LogP contribution is 2.45. The lowest BCUT2D eigenvalue weighted by molar-refractivity contribution is -0.904. The van der Waals surface area contributed by atoms with E-state index in [2.05, 4.69) is 57.0 Å². The van der Waals surface area contributed by atoms with E-state index in [-0.39, 0.29) is 11.8 Å². The topological polar surface area (TPSA) is 57.3 Å². The fraction of sp³-hybridized carbons (Fsp3) is 0.370. The van der Waals surface area contributed by atoms with E-state index in [4.69, 9.17) is 4.98 Å². The van der Waals surface area contributed by atoms with Crippen LogP contribution < -0.4 is 4.73 Å². The Balaban J connectivity index is 1.40. The Morgan fingerprint density at radius 3 is 2.56 bits per heavy atom. The summed E-state index contributed by atoms with van der Waals surface area (Å²) in [7, 11) is 0. The predicted octanol–water partition coefficient (Wildman–Crippen LogP) is 5.15. The van der Waals surface area contributed by atoms with E-state index in [0.29, 0.717) is 12.3 Å². The lowest BCUT2D eigenvalue weighted by atomic mass is 9.76. The Morgan fingerprint density at radius 1 is 1.12 bits per heavy atom. The van der Waals surface area contributed by atoms with Crippen molar-refractivity contribution >= 4 is 37.8 Å². The minimum absolute atomic E-state index is 0.148. The van der Waals surface area contributed by atoms with Gasteiger partial charge in [-0.15, -0.1) is 0 Å². The molecule has 1 unspecified atom stereocenters. The molecule has 7 heteroatoms. The predicted molar refractivity (Wildman–Crippen MR) is 137 cm³/mol. The number of carbonyl (C=O) groups excluding carboxylic acids is 1. The third kappa shape index (κ3) is 4.78. The largest absolute Gasteiger partial charge is 0.342 e. The summed E-state index contributed by atoms with van der Waals surface area (Å²) in [4.78, 5) is 19.9. The second-order valence-corrected chi connectivity index (χ2v) is 11.2. The van der Waals surface area contributed by atoms with Gasteiger partial charge < -0.3 is 4.90 Å². The zero-order chi connectivity index (χ0) is 23.8. The van der Waals surface area contributed by atoms with Crippen molar-refractivity contribution in [3.63, 3.8) is 0 Å². The SMILES string of the molecule is Cc1cc(Br)c2c(c1)CCc1cc(Br)cnc1C2C1CCN(C(=O)Cc2cc[n+](O)cc2)CC1. The fourth-order valence-electron chi connectivity index (χ4n) is 5.55. The second-order valence-electron chi connectivity index (χ2n) is 9.48. The van der Waals surface area contributed by atoms with Crippen molar-refractivity contribution in [2.24, 2.45) is 5.92 Å². The van der Waals surface area contributed by atoms with Crippen molar-refractivity contribution in [2.45, 2.75) is 44.9 Å². The van der Waals surface area contributed by atoms with E-state index in [1.165, 1.54) is 32.4 Å². The highest BCUT2D eigenvalue weighted by atomic mass is 79.9. The average molecular weight is 586 g/mol. The van der Waals surface area contributed by atoms with E-state index in [9.17, 15) is 10.0 Å². The molecule has 0 spiro atoms. The summed E-state index contributed by atoms with van der Waals surface area (Å²) in [5.74, 6) is 0.800. The van der Waals surface area contributed by atoms with Crippen LogP contribution in [0, 0.1) is 12.8 Å². The molecule has 1 amide bonds. The summed E-state index contributed by atoms with van der Waals surface area (Å²) >= 11 is 7.51. The molecule has 2 aromatic heterocycles. The molecular weight excluding hydrogens is 558 g/mol. The Kier molecular flexibility index (Phi) is 6.76. The first-order chi connectivity index (χ1) is 16.4. The summed E-state index contributed by atoms with van der Waals surface area (Å²) < 4.78 is 3.20. The maximum absolute atomic E-state index is 12.9. The summed E-state index contributed by atoms with van der Waals surface area (Å²) in [6, 6.07) is 10.4. The molecule has 34 heavy (non-hydrogen) atoms. The van der Waals surface area contributed by atoms with Crippen LogP contribution in [0.1, 0.15) is 52.3 Å². The highest BCUT2D eigenvalue weighted by molar-refractivity contribution is 9.10. The number of hydrogen-bond acceptors (Lipinski definition) is 3. The molecule has 1 atom stereocenters. The third-order valence-corrected chi connectivity index (χ3v) is 8.29. The number of hydrogen-bond donors (Lipinski definition) is 1. The summed E-state index contributed by atoms with van der Waals surface area (Å²) in [5.41, 5.74) is 7.50. The van der Waals surface area contributed by atoms with E-state index in [1.54, 1.807) is 24.5 Å². The van der Waals surface area contributed by atoms with Gasteiger partial charge in [0.2, 0.25) is 18.3 Å². The quantitative estimate of drug-likeness (QED) is 0.341. The normalized spacial score (nSPS) is 18.2. The van der Waals surface area contributed by atoms with E-state index < -0.39 is 0 Å². The van der Waals surface area contributed by atoms with Crippen molar-refractivity contribution in [2.75, 3.05) is 13.1 Å². The molecule has 5 nitrogen and oxygen atoms in total. The van der Waals surface area contributed by atoms with Crippen LogP contribution in [0.3, 0.4) is 0 Å². The van der Waals surface area contributed by atoms with Gasteiger partial charge >= 0.3 is 0 Å². The molecule has 3 heterocycles. The monoisotopic (exact) mass is 584 g/mol. The standard InChI is InChI=1S/C27H28Br2N3O2/c1-17-12-20-2-3-21-15-22(28)16-30-27(21)26(25(20)23(29)13-17)19-6-8-31(9-7-19)24(33)14-18-4-10-32(34)11-5-18/h4-5,10-13,15-16,19,26,34H,2-3,6-9,14H2,1H3/q+1. The number of fused-ring (bicyclic) bond motifs is 2. The molecule has 0 bridgehead atoms. The van der Waals surface area contributed by atoms with Gasteiger partial charge in [0, 0.05) is 51.0 Å². The molecule has 1 aliphatic heterocycles. The molecule has 3 aromatic rings. The average Bonchev–Trinajstić information content (AvgIpc) is 2.97. The Hall–Kier alpha value is -2.25. The van der Waals surface area contributed by atoms with Gasteiger partial charge in [0.1, 0.15) is 0 Å². The van der Waals surface area contributed by atoms with Crippen molar-refractivity contribution in [1.29, 1.82) is 0 Å². The number of benzene rings is 1. The van der Waals surface area contributed by atoms with Gasteiger partial charge in [0.15, 0.2) is 0 Å². The van der Waals surface area contributed by atoms with Gasteiger partial charge in [-0.2, -0.15) is 0 Å². The summed E-state index contributed by atoms with van der Waals surface area (Å²) in [6.07, 6.45) is 9.32. The first-order valence-corrected chi connectivity index (χ1v) is 13.4. The number of halogens is 2. The Labute approximate surface area is 217 Å². The number of carbonyl (C=O) groups is 1. The zero-order valence-electron chi connectivity index (χ0n) is 19.2. The Morgan fingerprint density at radius 2 is 1.82 bits per heavy atom. The number of amides is 1. The van der Waals surface area contributed by atoms with Crippen LogP contribution >= 0.6 is 31.9 Å². The van der Waals surface area contributed by atoms with Gasteiger partial charge in [0.05, 0.1) is 12.1 Å². The lowest BCUT2D eigenvalue weighted by Gasteiger charge is -2.37. The highest BCUT2D eigenvalue weighted by Gasteiger charge is 2.36. The molecule has 1 fully saturated rings. The number of likely N-dealkylation sites (tertiary alicyclic amines) is 1. The minimum Gasteiger partial charge on any atom is -0.342 e. The van der Waals surface area contributed by atoms with Crippen LogP contribution in [-0.4, -0.2) is 34.1 Å². The molecule has 1 saturated heterocycles. The molecule has 5 rings (SSSR count). The zero-order valence-corrected chi connectivity index (χ0v) is 22.3. The van der Waals surface area contributed by atoms with Crippen LogP contribution in [0.4, 0.5) is 0 Å². The molecule has 0 saturated carbocycles. The minimum atomic E-state index is 0.148. The third-order valence-electron chi connectivity index (χ3n) is 7.20. The van der Waals surface area contributed by atoms with Crippen molar-refractivity contribution < 1.29 is 14.7 Å². The number of rotatable bonds is 3. The summed E-state index contributed by atoms with van der Waals surface area (Å²) in [5, 5.41) is 9.41. The van der Waals surface area contributed by atoms with Crippen molar-refractivity contribution in [3.05, 3.63) is 91.4 Å². The van der Waals surface area contributed by atoms with E-state index in [0.717, 1.165) is 53.5 Å². The number of aryl methyl sites for hydroxylation is 3. The molecular formula is C27H28Br2N3O2+. The number of aromatic nitrogens is 2. The molecule has 1 aliphatic carbocycles. The maximum Gasteiger partial charge on any atom is 0.226 e. The second kappa shape index (κ2) is 9.78. The molecule has 176 valence electrons. The molecule has 0 radical (unpaired) electrons. The Bertz CT molecular complexity index is 1220. The van der Waals surface area contributed by atoms with Gasteiger partial charge in [-0.3, -0.25) is 15.0 Å². The number of nitrogens with zero attached hydrogens (tertiary/aromatic N) is 3. The molecule has 1 N–H and O–H groups in total. The maximum atomic E-state index is 12.9. The van der Waals surface area contributed by atoms with Crippen LogP contribution in [0.2, 0.25) is 0 Å². The van der Waals surface area contributed by atoms with Crippen LogP contribution in [0.25, 0.3) is 0 Å². The molecule has 2 aliphatic rings. The van der Waals surface area contributed by atoms with Crippen LogP contribution in [0.5, 0.6) is 0 Å². The first-order valence-electron chi connectivity index (χ1n) is 11.8. The lowest BCUT2D eigenvalue weighted by Crippen LogP contribution is -2.41. The molecule has 1 aromatic carbocycles. The number of pyridine rings is 2. The van der Waals surface area contributed by atoms with Gasteiger partial charge in [0.25, 0.3) is 0 Å². The van der Waals surface area contributed by atoms with Gasteiger partial charge in [-0.05, 0) is 94.4 Å². The van der Waals surface area contributed by atoms with Gasteiger partial charge in [-0.25, -0.2) is 0 Å². The van der Waals surface area contributed by atoms with E-state index in [1.807, 2.05) is 11.1 Å². The van der Waals surface area contributed by atoms with Crippen LogP contribution in [-0.2, 0) is 24.1 Å².